The lowest BCUT2D eigenvalue weighted by molar-refractivity contribution is -0.166. The van der Waals surface area contributed by atoms with Gasteiger partial charge in [-0.25, -0.2) is 0 Å². The molecule has 83 heavy (non-hydrogen) atoms. The van der Waals surface area contributed by atoms with E-state index >= 15 is 0 Å². The third-order valence-electron chi connectivity index (χ3n) is 15.3. The van der Waals surface area contributed by atoms with Crippen LogP contribution in [0.3, 0.4) is 0 Å². The van der Waals surface area contributed by atoms with Gasteiger partial charge in [-0.1, -0.05) is 342 Å². The van der Waals surface area contributed by atoms with Crippen LogP contribution in [0.2, 0.25) is 0 Å². The van der Waals surface area contributed by atoms with Crippen LogP contribution in [0.1, 0.15) is 342 Å². The van der Waals surface area contributed by atoms with Crippen LogP contribution in [-0.2, 0) is 28.6 Å². The summed E-state index contributed by atoms with van der Waals surface area (Å²) in [6.45, 7) is 6.39. The molecule has 0 aromatic rings. The Labute approximate surface area is 514 Å². The summed E-state index contributed by atoms with van der Waals surface area (Å²) < 4.78 is 16.9. The largest absolute Gasteiger partial charge is 0.462 e. The Morgan fingerprint density at radius 1 is 0.253 bits per heavy atom. The summed E-state index contributed by atoms with van der Waals surface area (Å²) in [4.78, 5) is 38.4. The lowest BCUT2D eigenvalue weighted by Gasteiger charge is -2.18. The van der Waals surface area contributed by atoms with Crippen LogP contribution in [0.15, 0.2) is 109 Å². The molecule has 0 radical (unpaired) electrons. The maximum absolute atomic E-state index is 12.9. The van der Waals surface area contributed by atoms with Gasteiger partial charge in [-0.2, -0.15) is 0 Å². The van der Waals surface area contributed by atoms with Crippen molar-refractivity contribution in [2.45, 2.75) is 348 Å². The van der Waals surface area contributed by atoms with Gasteiger partial charge in [0.1, 0.15) is 13.2 Å². The summed E-state index contributed by atoms with van der Waals surface area (Å²) in [7, 11) is 0. The van der Waals surface area contributed by atoms with Gasteiger partial charge in [0.15, 0.2) is 6.10 Å². The molecule has 1 atom stereocenters. The molecular weight excluding hydrogens is 1020 g/mol. The zero-order chi connectivity index (χ0) is 59.9. The molecular formula is C77H132O6. The molecule has 0 aliphatic carbocycles. The molecule has 0 aromatic carbocycles. The van der Waals surface area contributed by atoms with E-state index in [1.54, 1.807) is 0 Å². The zero-order valence-electron chi connectivity index (χ0n) is 54.7. The van der Waals surface area contributed by atoms with Crippen molar-refractivity contribution in [3.8, 4) is 0 Å². The molecule has 6 nitrogen and oxygen atoms in total. The molecule has 0 aromatic heterocycles. The second-order valence-electron chi connectivity index (χ2n) is 23.4. The number of unbranched alkanes of at least 4 members (excludes halogenated alkanes) is 35. The molecule has 0 amide bonds. The number of carbonyl (C=O) groups is 3. The van der Waals surface area contributed by atoms with Crippen molar-refractivity contribution in [2.75, 3.05) is 13.2 Å². The number of allylic oxidation sites excluding steroid dienone is 18. The molecule has 0 N–H and O–H groups in total. The second kappa shape index (κ2) is 70.6. The van der Waals surface area contributed by atoms with E-state index in [0.29, 0.717) is 19.3 Å². The van der Waals surface area contributed by atoms with Gasteiger partial charge in [0.2, 0.25) is 0 Å². The molecule has 0 saturated heterocycles. The number of esters is 3. The Balaban J connectivity index is 4.28. The van der Waals surface area contributed by atoms with Crippen LogP contribution in [0, 0.1) is 0 Å². The summed E-state index contributed by atoms with van der Waals surface area (Å²) in [6.07, 6.45) is 97.1. The number of hydrogen-bond acceptors (Lipinski definition) is 6. The highest BCUT2D eigenvalue weighted by Crippen LogP contribution is 2.18. The normalized spacial score (nSPS) is 12.8. The first-order valence-electron chi connectivity index (χ1n) is 35.4. The molecule has 0 fully saturated rings. The standard InChI is InChI=1S/C77H132O6/c1-4-7-10-13-16-19-22-25-27-29-31-33-35-36-37-38-39-40-42-43-45-47-49-52-55-58-61-64-67-70-76(79)82-73-74(72-81-75(78)69-66-63-60-57-54-51-24-21-18-15-12-9-6-3)83-77(80)71-68-65-62-59-56-53-50-48-46-44-41-34-32-30-28-26-23-20-17-14-11-8-5-2/h7,9-10,12,16,18-19,21,25,27,31,33,36-37,51,54,60,63,74H,4-6,8,11,13-15,17,20,22-24,26,28-30,32,34-35,38-50,52-53,55-59,61-62,64-73H2,1-3H3/b10-7-,12-9-,19-16-,21-18-,27-25-,33-31-,37-36-,54-51-,63-60-. The van der Waals surface area contributed by atoms with Gasteiger partial charge in [-0.3, -0.25) is 14.4 Å². The van der Waals surface area contributed by atoms with E-state index in [-0.39, 0.29) is 37.5 Å². The lowest BCUT2D eigenvalue weighted by atomic mass is 10.0. The van der Waals surface area contributed by atoms with E-state index in [9.17, 15) is 14.4 Å². The van der Waals surface area contributed by atoms with Gasteiger partial charge < -0.3 is 14.2 Å². The van der Waals surface area contributed by atoms with Gasteiger partial charge in [-0.05, 0) is 89.9 Å². The second-order valence-corrected chi connectivity index (χ2v) is 23.4. The minimum absolute atomic E-state index is 0.0980. The first-order valence-corrected chi connectivity index (χ1v) is 35.4. The Hall–Kier alpha value is -3.93. The summed E-state index contributed by atoms with van der Waals surface area (Å²) >= 11 is 0. The third kappa shape index (κ3) is 68.7. The quantitative estimate of drug-likeness (QED) is 0.0261. The lowest BCUT2D eigenvalue weighted by Crippen LogP contribution is -2.30. The summed E-state index contributed by atoms with van der Waals surface area (Å²) in [6, 6.07) is 0. The van der Waals surface area contributed by atoms with Gasteiger partial charge in [0, 0.05) is 19.3 Å². The Morgan fingerprint density at radius 2 is 0.494 bits per heavy atom. The average Bonchev–Trinajstić information content (AvgIpc) is 3.49. The monoisotopic (exact) mass is 1150 g/mol. The predicted molar refractivity (Wildman–Crippen MR) is 362 cm³/mol. The topological polar surface area (TPSA) is 78.9 Å². The molecule has 0 bridgehead atoms. The van der Waals surface area contributed by atoms with Crippen molar-refractivity contribution in [3.63, 3.8) is 0 Å². The molecule has 476 valence electrons. The van der Waals surface area contributed by atoms with E-state index in [4.69, 9.17) is 14.2 Å². The van der Waals surface area contributed by atoms with Crippen LogP contribution in [0.25, 0.3) is 0 Å². The van der Waals surface area contributed by atoms with Crippen molar-refractivity contribution in [1.82, 2.24) is 0 Å². The molecule has 0 saturated carbocycles. The Bertz CT molecular complexity index is 1660. The summed E-state index contributed by atoms with van der Waals surface area (Å²) in [5.41, 5.74) is 0. The highest BCUT2D eigenvalue weighted by molar-refractivity contribution is 5.71. The highest BCUT2D eigenvalue weighted by Gasteiger charge is 2.19. The van der Waals surface area contributed by atoms with Crippen molar-refractivity contribution in [2.24, 2.45) is 0 Å². The summed E-state index contributed by atoms with van der Waals surface area (Å²) in [5, 5.41) is 0. The Kier molecular flexibility index (Phi) is 67.2. The average molecular weight is 1150 g/mol. The number of hydrogen-bond donors (Lipinski definition) is 0. The van der Waals surface area contributed by atoms with Crippen molar-refractivity contribution in [3.05, 3.63) is 109 Å². The number of rotatable bonds is 64. The fourth-order valence-electron chi connectivity index (χ4n) is 10.1. The maximum atomic E-state index is 12.9. The first kappa shape index (κ1) is 79.1. The third-order valence-corrected chi connectivity index (χ3v) is 15.3. The van der Waals surface area contributed by atoms with E-state index in [0.717, 1.165) is 96.3 Å². The zero-order valence-corrected chi connectivity index (χ0v) is 54.7. The molecule has 0 aliphatic rings. The molecule has 0 rings (SSSR count). The van der Waals surface area contributed by atoms with E-state index in [2.05, 4.69) is 124 Å². The van der Waals surface area contributed by atoms with E-state index < -0.39 is 6.10 Å². The van der Waals surface area contributed by atoms with Gasteiger partial charge in [0.25, 0.3) is 0 Å². The van der Waals surface area contributed by atoms with E-state index in [1.807, 2.05) is 6.08 Å². The fourth-order valence-corrected chi connectivity index (χ4v) is 10.1. The first-order chi connectivity index (χ1) is 41.0. The minimum Gasteiger partial charge on any atom is -0.462 e. The van der Waals surface area contributed by atoms with Gasteiger partial charge in [-0.15, -0.1) is 0 Å². The SMILES string of the molecule is CC/C=C\C/C=C\C/C=C\C/C=C\C/C=C\CCCCCCCCCCCCCCCC(=O)OCC(COC(=O)CC/C=C\C/C=C\C/C=C\C/C=C\CC)OC(=O)CCCCCCCCCCCCCCCCCCCCCCCCC. The van der Waals surface area contributed by atoms with Crippen molar-refractivity contribution >= 4 is 17.9 Å². The number of carbonyl (C=O) groups excluding carboxylic acids is 3. The van der Waals surface area contributed by atoms with Crippen LogP contribution in [-0.4, -0.2) is 37.2 Å². The number of ether oxygens (including phenoxy) is 3. The smallest absolute Gasteiger partial charge is 0.306 e. The van der Waals surface area contributed by atoms with E-state index in [1.165, 1.54) is 199 Å². The molecule has 6 heteroatoms. The van der Waals surface area contributed by atoms with Crippen LogP contribution < -0.4 is 0 Å². The van der Waals surface area contributed by atoms with Gasteiger partial charge >= 0.3 is 17.9 Å². The maximum Gasteiger partial charge on any atom is 0.306 e. The van der Waals surface area contributed by atoms with Crippen LogP contribution in [0.5, 0.6) is 0 Å². The Morgan fingerprint density at radius 3 is 0.807 bits per heavy atom. The molecule has 0 heterocycles. The molecule has 0 aliphatic heterocycles. The summed E-state index contributed by atoms with van der Waals surface area (Å²) in [5.74, 6) is -0.969. The molecule has 0 spiro atoms. The highest BCUT2D eigenvalue weighted by atomic mass is 16.6. The van der Waals surface area contributed by atoms with Gasteiger partial charge in [0.05, 0.1) is 0 Å². The molecule has 1 unspecified atom stereocenters. The predicted octanol–water partition coefficient (Wildman–Crippen LogP) is 24.6. The van der Waals surface area contributed by atoms with Crippen LogP contribution in [0.4, 0.5) is 0 Å². The van der Waals surface area contributed by atoms with Crippen LogP contribution >= 0.6 is 0 Å². The van der Waals surface area contributed by atoms with Crippen molar-refractivity contribution in [1.29, 1.82) is 0 Å². The van der Waals surface area contributed by atoms with Crippen molar-refractivity contribution < 1.29 is 28.6 Å². The minimum atomic E-state index is -0.808. The fraction of sp³-hybridized carbons (Fsp3) is 0.727.